The first-order valence-corrected chi connectivity index (χ1v) is 6.47. The second kappa shape index (κ2) is 5.89. The molecule has 0 radical (unpaired) electrons. The third-order valence-electron chi connectivity index (χ3n) is 2.68. The highest BCUT2D eigenvalue weighted by molar-refractivity contribution is 9.10. The Labute approximate surface area is 127 Å². The molecule has 7 heteroatoms. The van der Waals surface area contributed by atoms with Crippen molar-refractivity contribution in [1.82, 2.24) is 0 Å². The van der Waals surface area contributed by atoms with Gasteiger partial charge in [0.15, 0.2) is 0 Å². The van der Waals surface area contributed by atoms with E-state index in [1.165, 1.54) is 18.2 Å². The number of nitrogens with one attached hydrogen (secondary N) is 1. The first-order chi connectivity index (χ1) is 9.92. The van der Waals surface area contributed by atoms with Crippen molar-refractivity contribution in [2.45, 2.75) is 0 Å². The van der Waals surface area contributed by atoms with Gasteiger partial charge in [0.2, 0.25) is 0 Å². The highest BCUT2D eigenvalue weighted by Crippen LogP contribution is 2.24. The number of carbonyl (C=O) groups is 1. The summed E-state index contributed by atoms with van der Waals surface area (Å²) in [6, 6.07) is 7.52. The second-order valence-electron chi connectivity index (χ2n) is 4.11. The summed E-state index contributed by atoms with van der Waals surface area (Å²) in [7, 11) is 0. The van der Waals surface area contributed by atoms with Gasteiger partial charge in [-0.15, -0.1) is 0 Å². The summed E-state index contributed by atoms with van der Waals surface area (Å²) in [6.45, 7) is 0. The lowest BCUT2D eigenvalue weighted by Crippen LogP contribution is -2.13. The van der Waals surface area contributed by atoms with Gasteiger partial charge >= 0.3 is 0 Å². The maximum atomic E-state index is 13.2. The van der Waals surface area contributed by atoms with Crippen molar-refractivity contribution >= 4 is 33.2 Å². The minimum absolute atomic E-state index is 0.122. The number of anilines is 2. The van der Waals surface area contributed by atoms with Gasteiger partial charge in [0, 0.05) is 10.2 Å². The molecule has 0 atom stereocenters. The number of halogens is 3. The summed E-state index contributed by atoms with van der Waals surface area (Å²) < 4.78 is 26.7. The zero-order chi connectivity index (χ0) is 15.6. The summed E-state index contributed by atoms with van der Waals surface area (Å²) in [4.78, 5) is 12.1. The Kier molecular flexibility index (Phi) is 4.19. The monoisotopic (exact) mass is 351 g/mol. The summed E-state index contributed by atoms with van der Waals surface area (Å²) in [6.07, 6.45) is 0. The van der Waals surface area contributed by atoms with E-state index >= 15 is 0 Å². The van der Waals surface area contributed by atoms with Gasteiger partial charge in [-0.05, 0) is 46.3 Å². The van der Waals surface area contributed by atoms with Crippen LogP contribution in [0.2, 0.25) is 0 Å². The maximum Gasteiger partial charge on any atom is 0.256 e. The van der Waals surface area contributed by atoms with E-state index in [1.807, 2.05) is 0 Å². The predicted octanol–water partition coefficient (Wildman–Crippen LogP) is 3.43. The molecule has 2 aromatic rings. The van der Waals surface area contributed by atoms with Gasteiger partial charge < -0.3 is 11.1 Å². The van der Waals surface area contributed by atoms with Gasteiger partial charge in [-0.25, -0.2) is 8.78 Å². The number of rotatable bonds is 2. The fraction of sp³-hybridized carbons (Fsp3) is 0. The molecule has 2 aromatic carbocycles. The summed E-state index contributed by atoms with van der Waals surface area (Å²) in [5.74, 6) is -1.89. The van der Waals surface area contributed by atoms with Crippen LogP contribution in [0.5, 0.6) is 0 Å². The van der Waals surface area contributed by atoms with Crippen molar-refractivity contribution in [3.05, 3.63) is 57.6 Å². The van der Waals surface area contributed by atoms with E-state index in [1.54, 1.807) is 6.07 Å². The van der Waals surface area contributed by atoms with E-state index in [2.05, 4.69) is 21.2 Å². The standard InChI is InChI=1S/C14H8BrF2N3O/c15-10-5-12(17)13(19)4-9(10)14(21)20-8-1-2-11(16)7(3-8)6-18/h1-5H,19H2,(H,20,21). The fourth-order valence-corrected chi connectivity index (χ4v) is 2.12. The predicted molar refractivity (Wildman–Crippen MR) is 77.6 cm³/mol. The van der Waals surface area contributed by atoms with E-state index in [0.29, 0.717) is 0 Å². The SMILES string of the molecule is N#Cc1cc(NC(=O)c2cc(N)c(F)cc2Br)ccc1F. The third-order valence-corrected chi connectivity index (χ3v) is 3.33. The van der Waals surface area contributed by atoms with Gasteiger partial charge in [0.05, 0.1) is 16.8 Å². The lowest BCUT2D eigenvalue weighted by molar-refractivity contribution is 0.102. The Morgan fingerprint density at radius 1 is 1.24 bits per heavy atom. The molecule has 0 aliphatic carbocycles. The zero-order valence-electron chi connectivity index (χ0n) is 10.5. The van der Waals surface area contributed by atoms with Crippen molar-refractivity contribution < 1.29 is 13.6 Å². The Morgan fingerprint density at radius 3 is 2.62 bits per heavy atom. The third kappa shape index (κ3) is 3.17. The number of benzene rings is 2. The van der Waals surface area contributed by atoms with E-state index in [-0.39, 0.29) is 27.0 Å². The molecule has 3 N–H and O–H groups in total. The molecule has 0 saturated heterocycles. The van der Waals surface area contributed by atoms with Crippen LogP contribution in [0.4, 0.5) is 20.2 Å². The molecule has 0 saturated carbocycles. The smallest absolute Gasteiger partial charge is 0.256 e. The average Bonchev–Trinajstić information content (AvgIpc) is 2.44. The first kappa shape index (κ1) is 14.9. The molecule has 0 spiro atoms. The molecule has 0 fully saturated rings. The van der Waals surface area contributed by atoms with E-state index in [4.69, 9.17) is 11.0 Å². The van der Waals surface area contributed by atoms with Crippen LogP contribution in [-0.4, -0.2) is 5.91 Å². The van der Waals surface area contributed by atoms with Crippen molar-refractivity contribution in [3.8, 4) is 6.07 Å². The number of amides is 1. The lowest BCUT2D eigenvalue weighted by Gasteiger charge is -2.09. The highest BCUT2D eigenvalue weighted by Gasteiger charge is 2.14. The average molecular weight is 352 g/mol. The molecular formula is C14H8BrF2N3O. The number of hydrogen-bond donors (Lipinski definition) is 2. The van der Waals surface area contributed by atoms with Crippen molar-refractivity contribution in [2.75, 3.05) is 11.1 Å². The second-order valence-corrected chi connectivity index (χ2v) is 4.97. The molecule has 0 aliphatic heterocycles. The molecule has 21 heavy (non-hydrogen) atoms. The number of hydrogen-bond acceptors (Lipinski definition) is 3. The Bertz CT molecular complexity index is 772. The van der Waals surface area contributed by atoms with E-state index in [0.717, 1.165) is 12.1 Å². The molecule has 0 unspecified atom stereocenters. The van der Waals surface area contributed by atoms with Gasteiger partial charge in [-0.2, -0.15) is 5.26 Å². The molecule has 0 aliphatic rings. The first-order valence-electron chi connectivity index (χ1n) is 5.68. The van der Waals surface area contributed by atoms with Crippen molar-refractivity contribution in [3.63, 3.8) is 0 Å². The van der Waals surface area contributed by atoms with Crippen LogP contribution in [0, 0.1) is 23.0 Å². The van der Waals surface area contributed by atoms with Gasteiger partial charge in [0.1, 0.15) is 17.7 Å². The van der Waals surface area contributed by atoms with Gasteiger partial charge in [-0.3, -0.25) is 4.79 Å². The maximum absolute atomic E-state index is 13.2. The normalized spacial score (nSPS) is 10.0. The molecule has 0 bridgehead atoms. The minimum atomic E-state index is -0.678. The summed E-state index contributed by atoms with van der Waals surface area (Å²) >= 11 is 3.07. The zero-order valence-corrected chi connectivity index (χ0v) is 12.0. The Morgan fingerprint density at radius 2 is 1.95 bits per heavy atom. The lowest BCUT2D eigenvalue weighted by atomic mass is 10.1. The number of carbonyl (C=O) groups excluding carboxylic acids is 1. The van der Waals surface area contributed by atoms with Gasteiger partial charge in [0.25, 0.3) is 5.91 Å². The molecule has 0 aromatic heterocycles. The van der Waals surface area contributed by atoms with Crippen LogP contribution < -0.4 is 11.1 Å². The molecule has 106 valence electrons. The number of nitriles is 1. The number of nitrogen functional groups attached to an aromatic ring is 1. The van der Waals surface area contributed by atoms with Crippen LogP contribution in [0.15, 0.2) is 34.8 Å². The molecule has 0 heterocycles. The van der Waals surface area contributed by atoms with Crippen LogP contribution in [0.1, 0.15) is 15.9 Å². The topological polar surface area (TPSA) is 78.9 Å². The Hall–Kier alpha value is -2.46. The highest BCUT2D eigenvalue weighted by atomic mass is 79.9. The molecular weight excluding hydrogens is 344 g/mol. The van der Waals surface area contributed by atoms with Crippen molar-refractivity contribution in [1.29, 1.82) is 5.26 Å². The van der Waals surface area contributed by atoms with Gasteiger partial charge in [-0.1, -0.05) is 0 Å². The summed E-state index contributed by atoms with van der Waals surface area (Å²) in [5.41, 5.74) is 5.43. The number of nitrogens with two attached hydrogens (primary N) is 1. The Balaban J connectivity index is 2.31. The quantitative estimate of drug-likeness (QED) is 0.813. The van der Waals surface area contributed by atoms with Crippen LogP contribution in [0.3, 0.4) is 0 Å². The van der Waals surface area contributed by atoms with Crippen LogP contribution >= 0.6 is 15.9 Å². The van der Waals surface area contributed by atoms with E-state index in [9.17, 15) is 13.6 Å². The van der Waals surface area contributed by atoms with Crippen molar-refractivity contribution in [2.24, 2.45) is 0 Å². The minimum Gasteiger partial charge on any atom is -0.396 e. The largest absolute Gasteiger partial charge is 0.396 e. The fourth-order valence-electron chi connectivity index (χ4n) is 1.63. The number of nitrogens with zero attached hydrogens (tertiary/aromatic N) is 1. The molecule has 4 nitrogen and oxygen atoms in total. The molecule has 1 amide bonds. The molecule has 2 rings (SSSR count). The van der Waals surface area contributed by atoms with Crippen LogP contribution in [0.25, 0.3) is 0 Å². The van der Waals surface area contributed by atoms with E-state index < -0.39 is 17.5 Å². The summed E-state index contributed by atoms with van der Waals surface area (Å²) in [5, 5.41) is 11.2. The van der Waals surface area contributed by atoms with Crippen LogP contribution in [-0.2, 0) is 0 Å².